The van der Waals surface area contributed by atoms with Gasteiger partial charge in [-0.3, -0.25) is 6.58 Å². The minimum absolute atomic E-state index is 0. The normalized spacial score (nSPS) is 10.9. The third-order valence-electron chi connectivity index (χ3n) is 1.08. The molecule has 158 valence electrons. The summed E-state index contributed by atoms with van der Waals surface area (Å²) in [5.41, 5.74) is -1.02. The van der Waals surface area contributed by atoms with Gasteiger partial charge in [0.2, 0.25) is 0 Å². The van der Waals surface area contributed by atoms with Crippen molar-refractivity contribution < 1.29 is 37.0 Å². The number of rotatable bonds is 2. The van der Waals surface area contributed by atoms with E-state index < -0.39 is 16.8 Å². The van der Waals surface area contributed by atoms with Crippen LogP contribution < -0.4 is 15.3 Å². The monoisotopic (exact) mass is 416 g/mol. The number of allylic oxidation sites excluding steroid dienone is 6. The van der Waals surface area contributed by atoms with Gasteiger partial charge in [0.1, 0.15) is 0 Å². The summed E-state index contributed by atoms with van der Waals surface area (Å²) in [7, 11) is 0. The molecule has 0 unspecified atom stereocenters. The van der Waals surface area contributed by atoms with Gasteiger partial charge in [-0.05, 0) is 13.8 Å². The second kappa shape index (κ2) is 23.6. The van der Waals surface area contributed by atoms with Crippen LogP contribution in [-0.2, 0) is 21.7 Å². The van der Waals surface area contributed by atoms with Crippen LogP contribution in [0.5, 0.6) is 0 Å². The summed E-state index contributed by atoms with van der Waals surface area (Å²) in [6.07, 6.45) is 9.01. The van der Waals surface area contributed by atoms with Crippen LogP contribution in [0.2, 0.25) is 0 Å². The van der Waals surface area contributed by atoms with E-state index in [2.05, 4.69) is 6.58 Å². The summed E-state index contributed by atoms with van der Waals surface area (Å²) >= 11 is 0. The van der Waals surface area contributed by atoms with Gasteiger partial charge < -0.3 is 15.3 Å². The van der Waals surface area contributed by atoms with Gasteiger partial charge in [0.05, 0.1) is 0 Å². The molecule has 0 saturated heterocycles. The predicted octanol–water partition coefficient (Wildman–Crippen LogP) is 4.12. The van der Waals surface area contributed by atoms with Crippen LogP contribution in [0.15, 0.2) is 42.5 Å². The Morgan fingerprint density at radius 3 is 1.00 bits per heavy atom. The Balaban J connectivity index is -0.0000000507. The number of hydrogen-bond donors (Lipinski definition) is 0. The molecule has 0 atom stereocenters. The van der Waals surface area contributed by atoms with Gasteiger partial charge in [0.25, 0.3) is 0 Å². The number of hydrogen-bond acceptors (Lipinski definition) is 3. The van der Waals surface area contributed by atoms with Crippen molar-refractivity contribution >= 4 is 0 Å². The van der Waals surface area contributed by atoms with Crippen LogP contribution in [0, 0.1) is 6.58 Å². The second-order valence-corrected chi connectivity index (χ2v) is 8.29. The Kier molecular flexibility index (Phi) is 35.9. The first-order chi connectivity index (χ1) is 11.2. The van der Waals surface area contributed by atoms with Gasteiger partial charge in [-0.2, -0.15) is 6.08 Å². The zero-order chi connectivity index (χ0) is 22.6. The fourth-order valence-electron chi connectivity index (χ4n) is 0.229. The molecular formula is C23H44O3Ti. The molecule has 0 radical (unpaired) electrons. The summed E-state index contributed by atoms with van der Waals surface area (Å²) in [6, 6.07) is 0. The average Bonchev–Trinajstić information content (AvgIpc) is 2.33. The van der Waals surface area contributed by atoms with E-state index in [4.69, 9.17) is 6.58 Å². The molecule has 0 fully saturated rings. The maximum absolute atomic E-state index is 10.1. The minimum Gasteiger partial charge on any atom is -0.850 e. The molecule has 27 heavy (non-hydrogen) atoms. The van der Waals surface area contributed by atoms with Gasteiger partial charge in [0.15, 0.2) is 0 Å². The van der Waals surface area contributed by atoms with E-state index in [1.54, 1.807) is 68.4 Å². The molecule has 0 aromatic carbocycles. The first kappa shape index (κ1) is 41.0. The Hall–Kier alpha value is -0.446. The molecule has 0 rings (SSSR count). The smallest absolute Gasteiger partial charge is 0.850 e. The van der Waals surface area contributed by atoms with Crippen molar-refractivity contribution in [2.75, 3.05) is 0 Å². The van der Waals surface area contributed by atoms with Crippen LogP contribution in [0.1, 0.15) is 83.1 Å². The molecule has 0 bridgehead atoms. The standard InChI is InChI=1S/C6H10.C5H7.3C4H9O.Ti/c1-4-6(3)5-2;1-3-5-4-2;3*1-4(2,3)5;/h4-5H,1H2,2-3H3;1,3-5H,2H3;3*1-3H3;/q;4*-1;+4. The Morgan fingerprint density at radius 2 is 1.00 bits per heavy atom. The van der Waals surface area contributed by atoms with Crippen LogP contribution in [0.4, 0.5) is 0 Å². The molecule has 3 nitrogen and oxygen atoms in total. The molecule has 0 heterocycles. The Morgan fingerprint density at radius 1 is 0.778 bits per heavy atom. The van der Waals surface area contributed by atoms with Crippen LogP contribution in [0.3, 0.4) is 0 Å². The van der Waals surface area contributed by atoms with Crippen molar-refractivity contribution in [1.29, 1.82) is 0 Å². The zero-order valence-corrected chi connectivity index (χ0v) is 21.5. The Labute approximate surface area is 185 Å². The van der Waals surface area contributed by atoms with E-state index in [1.807, 2.05) is 39.0 Å². The molecule has 0 aromatic heterocycles. The van der Waals surface area contributed by atoms with Gasteiger partial charge >= 0.3 is 21.7 Å². The first-order valence-electron chi connectivity index (χ1n) is 8.75. The summed E-state index contributed by atoms with van der Waals surface area (Å²) in [5, 5.41) is 30.3. The van der Waals surface area contributed by atoms with E-state index in [1.165, 1.54) is 11.6 Å². The predicted molar refractivity (Wildman–Crippen MR) is 113 cm³/mol. The fourth-order valence-corrected chi connectivity index (χ4v) is 0.229. The topological polar surface area (TPSA) is 69.2 Å². The quantitative estimate of drug-likeness (QED) is 0.386. The second-order valence-electron chi connectivity index (χ2n) is 8.29. The van der Waals surface area contributed by atoms with Crippen molar-refractivity contribution in [3.8, 4) is 0 Å². The zero-order valence-electron chi connectivity index (χ0n) is 19.9. The summed E-state index contributed by atoms with van der Waals surface area (Å²) in [5.74, 6) is 0. The first-order valence-corrected chi connectivity index (χ1v) is 8.75. The molecule has 4 heteroatoms. The van der Waals surface area contributed by atoms with Crippen LogP contribution in [-0.4, -0.2) is 16.8 Å². The van der Waals surface area contributed by atoms with Crippen molar-refractivity contribution in [1.82, 2.24) is 0 Å². The third kappa shape index (κ3) is 460. The maximum atomic E-state index is 10.1. The van der Waals surface area contributed by atoms with E-state index in [-0.39, 0.29) is 21.7 Å². The third-order valence-corrected chi connectivity index (χ3v) is 1.08. The van der Waals surface area contributed by atoms with Gasteiger partial charge in [0, 0.05) is 0 Å². The van der Waals surface area contributed by atoms with Crippen molar-refractivity contribution in [2.24, 2.45) is 0 Å². The van der Waals surface area contributed by atoms with E-state index in [0.717, 1.165) is 0 Å². The van der Waals surface area contributed by atoms with Gasteiger partial charge in [-0.15, -0.1) is 16.8 Å². The molecule has 0 aliphatic carbocycles. The van der Waals surface area contributed by atoms with Crippen LogP contribution in [0.25, 0.3) is 0 Å². The van der Waals surface area contributed by atoms with E-state index >= 15 is 0 Å². The molecule has 0 amide bonds. The molecule has 0 N–H and O–H groups in total. The van der Waals surface area contributed by atoms with Crippen molar-refractivity contribution in [3.63, 3.8) is 0 Å². The summed E-state index contributed by atoms with van der Waals surface area (Å²) in [6.45, 7) is 29.1. The minimum atomic E-state index is -0.750. The molecule has 0 aliphatic heterocycles. The SMILES string of the molecule is C=CC(C)=CC.CC(C)(C)[O-].CC(C)(C)[O-].CC(C)(C)[O-].[CH-]=CC=CC.[Ti+4]. The van der Waals surface area contributed by atoms with E-state index in [0.29, 0.717) is 0 Å². The fraction of sp³-hybridized carbons (Fsp3) is 0.652. The molecular weight excluding hydrogens is 372 g/mol. The molecule has 0 spiro atoms. The molecule has 0 saturated carbocycles. The van der Waals surface area contributed by atoms with Crippen molar-refractivity contribution in [2.45, 2.75) is 99.9 Å². The maximum Gasteiger partial charge on any atom is 4.00 e. The summed E-state index contributed by atoms with van der Waals surface area (Å²) < 4.78 is 0. The Bertz CT molecular complexity index is 316. The summed E-state index contributed by atoms with van der Waals surface area (Å²) in [4.78, 5) is 0. The van der Waals surface area contributed by atoms with Crippen molar-refractivity contribution in [3.05, 3.63) is 49.1 Å². The average molecular weight is 416 g/mol. The largest absolute Gasteiger partial charge is 4.00 e. The molecule has 0 aliphatic rings. The van der Waals surface area contributed by atoms with Gasteiger partial charge in [-0.25, -0.2) is 12.2 Å². The van der Waals surface area contributed by atoms with E-state index in [9.17, 15) is 15.3 Å². The van der Waals surface area contributed by atoms with Crippen LogP contribution >= 0.6 is 0 Å². The van der Waals surface area contributed by atoms with Gasteiger partial charge in [-0.1, -0.05) is 93.5 Å². The molecule has 0 aromatic rings.